The first kappa shape index (κ1) is 12.1. The van der Waals surface area contributed by atoms with E-state index in [1.165, 1.54) is 9.77 Å². The van der Waals surface area contributed by atoms with Crippen molar-refractivity contribution in [1.82, 2.24) is 0 Å². The Morgan fingerprint density at radius 1 is 1.28 bits per heavy atom. The van der Waals surface area contributed by atoms with Crippen molar-refractivity contribution in [3.63, 3.8) is 0 Å². The van der Waals surface area contributed by atoms with E-state index in [2.05, 4.69) is 23.6 Å². The van der Waals surface area contributed by atoms with Gasteiger partial charge in [0, 0.05) is 28.0 Å². The molecule has 2 heterocycles. The molecule has 18 heavy (non-hydrogen) atoms. The van der Waals surface area contributed by atoms with Crippen LogP contribution in [0.4, 0.5) is 0 Å². The maximum Gasteiger partial charge on any atom is 0.133 e. The van der Waals surface area contributed by atoms with Gasteiger partial charge in [-0.15, -0.1) is 23.1 Å². The molecule has 3 rings (SSSR count). The molecule has 2 unspecified atom stereocenters. The maximum atomic E-state index is 6.27. The van der Waals surface area contributed by atoms with E-state index < -0.39 is 0 Å². The minimum atomic E-state index is 0.0597. The minimum absolute atomic E-state index is 0.0597. The van der Waals surface area contributed by atoms with Crippen molar-refractivity contribution in [3.8, 4) is 5.75 Å². The Labute approximate surface area is 115 Å². The number of para-hydroxylation sites is 1. The van der Waals surface area contributed by atoms with Gasteiger partial charge < -0.3 is 10.5 Å². The largest absolute Gasteiger partial charge is 0.487 e. The molecule has 2 N–H and O–H groups in total. The molecule has 2 aromatic rings. The predicted molar refractivity (Wildman–Crippen MR) is 77.6 cm³/mol. The zero-order chi connectivity index (χ0) is 12.4. The van der Waals surface area contributed by atoms with E-state index in [1.807, 2.05) is 30.0 Å². The molecule has 2 nitrogen and oxygen atoms in total. The van der Waals surface area contributed by atoms with Gasteiger partial charge in [0.25, 0.3) is 0 Å². The smallest absolute Gasteiger partial charge is 0.133 e. The van der Waals surface area contributed by atoms with Gasteiger partial charge >= 0.3 is 0 Å². The fraction of sp³-hybridized carbons (Fsp3) is 0.286. The lowest BCUT2D eigenvalue weighted by Crippen LogP contribution is -2.43. The van der Waals surface area contributed by atoms with Gasteiger partial charge in [-0.05, 0) is 23.6 Å². The van der Waals surface area contributed by atoms with Crippen molar-refractivity contribution >= 4 is 23.1 Å². The monoisotopic (exact) mass is 277 g/mol. The molecule has 1 aliphatic rings. The second kappa shape index (κ2) is 5.34. The first-order valence-electron chi connectivity index (χ1n) is 5.99. The number of benzene rings is 1. The van der Waals surface area contributed by atoms with Crippen LogP contribution in [0.15, 0.2) is 46.7 Å². The number of nitrogens with two attached hydrogens (primary N) is 1. The average molecular weight is 277 g/mol. The molecular weight excluding hydrogens is 262 g/mol. The van der Waals surface area contributed by atoms with E-state index in [0.29, 0.717) is 0 Å². The van der Waals surface area contributed by atoms with E-state index >= 15 is 0 Å². The number of thioether (sulfide) groups is 1. The lowest BCUT2D eigenvalue weighted by molar-refractivity contribution is 0.184. The van der Waals surface area contributed by atoms with Crippen LogP contribution in [0, 0.1) is 0 Å². The number of hydrogen-bond acceptors (Lipinski definition) is 4. The fourth-order valence-corrected chi connectivity index (χ4v) is 3.91. The van der Waals surface area contributed by atoms with Gasteiger partial charge in [0.15, 0.2) is 0 Å². The summed E-state index contributed by atoms with van der Waals surface area (Å²) >= 11 is 3.59. The van der Waals surface area contributed by atoms with E-state index in [4.69, 9.17) is 10.5 Å². The van der Waals surface area contributed by atoms with Crippen LogP contribution in [0.2, 0.25) is 0 Å². The first-order chi connectivity index (χ1) is 8.83. The Morgan fingerprint density at radius 2 is 2.17 bits per heavy atom. The molecule has 0 amide bonds. The molecule has 0 saturated heterocycles. The summed E-state index contributed by atoms with van der Waals surface area (Å²) in [6.07, 6.45) is 0.998. The molecular formula is C14H15NOS2. The third-order valence-electron chi connectivity index (χ3n) is 3.03. The zero-order valence-corrected chi connectivity index (χ0v) is 11.5. The van der Waals surface area contributed by atoms with Gasteiger partial charge in [0.2, 0.25) is 0 Å². The average Bonchev–Trinajstić information content (AvgIpc) is 2.91. The Morgan fingerprint density at radius 3 is 3.00 bits per heavy atom. The standard InChI is InChI=1S/C14H15NOS2/c15-11(8-10-4-3-7-17-10)13-9-18-14-6-2-1-5-12(14)16-13/h1-7,11,13H,8-9,15H2. The van der Waals surface area contributed by atoms with Crippen LogP contribution < -0.4 is 10.5 Å². The Hall–Kier alpha value is -0.970. The summed E-state index contributed by atoms with van der Waals surface area (Å²) in [4.78, 5) is 2.55. The van der Waals surface area contributed by atoms with Crippen molar-refractivity contribution in [2.75, 3.05) is 5.75 Å². The highest BCUT2D eigenvalue weighted by molar-refractivity contribution is 7.99. The number of thiophene rings is 1. The van der Waals surface area contributed by atoms with Crippen LogP contribution in [0.3, 0.4) is 0 Å². The highest BCUT2D eigenvalue weighted by atomic mass is 32.2. The van der Waals surface area contributed by atoms with Crippen LogP contribution >= 0.6 is 23.1 Å². The molecule has 1 aromatic heterocycles. The molecule has 0 fully saturated rings. The van der Waals surface area contributed by atoms with Crippen LogP contribution in [-0.2, 0) is 6.42 Å². The molecule has 0 bridgehead atoms. The van der Waals surface area contributed by atoms with Crippen molar-refractivity contribution in [1.29, 1.82) is 0 Å². The highest BCUT2D eigenvalue weighted by Crippen LogP contribution is 2.35. The van der Waals surface area contributed by atoms with Crippen LogP contribution in [0.5, 0.6) is 5.75 Å². The fourth-order valence-electron chi connectivity index (χ4n) is 2.04. The molecule has 0 spiro atoms. The van der Waals surface area contributed by atoms with Gasteiger partial charge in [-0.25, -0.2) is 0 Å². The summed E-state index contributed by atoms with van der Waals surface area (Å²) in [5.41, 5.74) is 6.27. The number of hydrogen-bond donors (Lipinski definition) is 1. The van der Waals surface area contributed by atoms with Crippen LogP contribution in [-0.4, -0.2) is 17.9 Å². The van der Waals surface area contributed by atoms with Crippen molar-refractivity contribution in [3.05, 3.63) is 46.7 Å². The lowest BCUT2D eigenvalue weighted by atomic mass is 10.1. The minimum Gasteiger partial charge on any atom is -0.487 e. The summed E-state index contributed by atoms with van der Waals surface area (Å²) in [5, 5.41) is 2.09. The van der Waals surface area contributed by atoms with Crippen molar-refractivity contribution in [2.24, 2.45) is 5.73 Å². The van der Waals surface area contributed by atoms with Crippen molar-refractivity contribution in [2.45, 2.75) is 23.5 Å². The molecule has 0 radical (unpaired) electrons. The van der Waals surface area contributed by atoms with E-state index in [1.54, 1.807) is 11.3 Å². The van der Waals surface area contributed by atoms with Gasteiger partial charge in [-0.2, -0.15) is 0 Å². The third kappa shape index (κ3) is 2.55. The first-order valence-corrected chi connectivity index (χ1v) is 7.86. The number of ether oxygens (including phenoxy) is 1. The van der Waals surface area contributed by atoms with Gasteiger partial charge in [-0.3, -0.25) is 0 Å². The predicted octanol–water partition coefficient (Wildman–Crippen LogP) is 3.17. The summed E-state index contributed by atoms with van der Waals surface area (Å²) in [6.45, 7) is 0. The van der Waals surface area contributed by atoms with E-state index in [9.17, 15) is 0 Å². The van der Waals surface area contributed by atoms with Gasteiger partial charge in [0.05, 0.1) is 0 Å². The van der Waals surface area contributed by atoms with Gasteiger partial charge in [0.1, 0.15) is 11.9 Å². The lowest BCUT2D eigenvalue weighted by Gasteiger charge is -2.29. The molecule has 94 valence electrons. The highest BCUT2D eigenvalue weighted by Gasteiger charge is 2.25. The Bertz CT molecular complexity index is 512. The van der Waals surface area contributed by atoms with Crippen molar-refractivity contribution < 1.29 is 4.74 Å². The molecule has 2 atom stereocenters. The van der Waals surface area contributed by atoms with Crippen LogP contribution in [0.1, 0.15) is 4.88 Å². The second-order valence-corrected chi connectivity index (χ2v) is 6.46. The molecule has 0 saturated carbocycles. The summed E-state index contributed by atoms with van der Waals surface area (Å²) in [7, 11) is 0. The summed E-state index contributed by atoms with van der Waals surface area (Å²) in [6, 6.07) is 12.4. The Balaban J connectivity index is 1.68. The number of fused-ring (bicyclic) bond motifs is 1. The van der Waals surface area contributed by atoms with Crippen LogP contribution in [0.25, 0.3) is 0 Å². The second-order valence-electron chi connectivity index (χ2n) is 4.36. The van der Waals surface area contributed by atoms with E-state index in [0.717, 1.165) is 17.9 Å². The number of rotatable bonds is 3. The molecule has 1 aliphatic heterocycles. The molecule has 4 heteroatoms. The SMILES string of the molecule is NC(Cc1cccs1)C1CSc2ccccc2O1. The molecule has 1 aromatic carbocycles. The maximum absolute atomic E-state index is 6.27. The quantitative estimate of drug-likeness (QED) is 0.936. The molecule has 0 aliphatic carbocycles. The topological polar surface area (TPSA) is 35.2 Å². The normalized spacial score (nSPS) is 19.9. The summed E-state index contributed by atoms with van der Waals surface area (Å²) < 4.78 is 6.00. The summed E-state index contributed by atoms with van der Waals surface area (Å²) in [5.74, 6) is 1.91. The van der Waals surface area contributed by atoms with Gasteiger partial charge in [-0.1, -0.05) is 18.2 Å². The third-order valence-corrected chi connectivity index (χ3v) is 5.07. The Kier molecular flexibility index (Phi) is 3.59. The van der Waals surface area contributed by atoms with E-state index in [-0.39, 0.29) is 12.1 Å². The zero-order valence-electron chi connectivity index (χ0n) is 9.91.